The zero-order valence-electron chi connectivity index (χ0n) is 16.4. The Bertz CT molecular complexity index is 1050. The number of halogens is 1. The van der Waals surface area contributed by atoms with E-state index in [9.17, 15) is 4.79 Å². The van der Waals surface area contributed by atoms with Gasteiger partial charge in [-0.15, -0.1) is 0 Å². The van der Waals surface area contributed by atoms with E-state index in [0.29, 0.717) is 5.58 Å². The lowest BCUT2D eigenvalue weighted by atomic mass is 10.0. The molecule has 0 saturated carbocycles. The Morgan fingerprint density at radius 1 is 1.04 bits per heavy atom. The fraction of sp³-hybridized carbons (Fsp3) is 0.348. The van der Waals surface area contributed by atoms with Crippen molar-refractivity contribution >= 4 is 28.3 Å². The number of anilines is 1. The molecule has 146 valence electrons. The third kappa shape index (κ3) is 3.94. The van der Waals surface area contributed by atoms with Gasteiger partial charge in [-0.2, -0.15) is 0 Å². The predicted molar refractivity (Wildman–Crippen MR) is 116 cm³/mol. The van der Waals surface area contributed by atoms with Crippen LogP contribution in [0.4, 0.5) is 5.69 Å². The van der Waals surface area contributed by atoms with Crippen molar-refractivity contribution in [1.82, 2.24) is 4.90 Å². The quantitative estimate of drug-likeness (QED) is 0.602. The molecule has 0 spiro atoms. The summed E-state index contributed by atoms with van der Waals surface area (Å²) >= 11 is 6.19. The first-order valence-electron chi connectivity index (χ1n) is 9.82. The number of hydrogen-bond donors (Lipinski definition) is 0. The third-order valence-electron chi connectivity index (χ3n) is 5.58. The summed E-state index contributed by atoms with van der Waals surface area (Å²) in [6.45, 7) is 8.80. The van der Waals surface area contributed by atoms with Crippen molar-refractivity contribution in [2.24, 2.45) is 0 Å². The van der Waals surface area contributed by atoms with Gasteiger partial charge in [0.05, 0.1) is 0 Å². The number of hydrogen-bond acceptors (Lipinski definition) is 4. The highest BCUT2D eigenvalue weighted by Gasteiger charge is 2.20. The van der Waals surface area contributed by atoms with Crippen LogP contribution in [0.1, 0.15) is 23.6 Å². The molecule has 1 saturated heterocycles. The molecule has 1 fully saturated rings. The largest absolute Gasteiger partial charge is 0.423 e. The molecule has 28 heavy (non-hydrogen) atoms. The molecule has 1 aliphatic rings. The molecule has 0 atom stereocenters. The molecule has 0 bridgehead atoms. The van der Waals surface area contributed by atoms with Gasteiger partial charge in [0, 0.05) is 54.9 Å². The van der Waals surface area contributed by atoms with Crippen molar-refractivity contribution in [3.8, 4) is 0 Å². The van der Waals surface area contributed by atoms with Crippen LogP contribution in [0.15, 0.2) is 51.7 Å². The Morgan fingerprint density at radius 3 is 2.57 bits per heavy atom. The Labute approximate surface area is 170 Å². The molecule has 4 nitrogen and oxygen atoms in total. The van der Waals surface area contributed by atoms with Gasteiger partial charge in [0.15, 0.2) is 0 Å². The fourth-order valence-corrected chi connectivity index (χ4v) is 4.10. The smallest absolute Gasteiger partial charge is 0.336 e. The van der Waals surface area contributed by atoms with Gasteiger partial charge in [0.1, 0.15) is 5.58 Å². The summed E-state index contributed by atoms with van der Waals surface area (Å²) in [5, 5.41) is 1.82. The zero-order valence-corrected chi connectivity index (χ0v) is 17.1. The van der Waals surface area contributed by atoms with Crippen molar-refractivity contribution in [2.45, 2.75) is 26.8 Å². The van der Waals surface area contributed by atoms with Crippen LogP contribution in [0.2, 0.25) is 5.02 Å². The van der Waals surface area contributed by atoms with Gasteiger partial charge >= 0.3 is 5.63 Å². The van der Waals surface area contributed by atoms with Crippen LogP contribution in [-0.2, 0) is 13.0 Å². The number of benzene rings is 2. The van der Waals surface area contributed by atoms with Crippen LogP contribution in [0.3, 0.4) is 0 Å². The molecular weight excluding hydrogens is 372 g/mol. The van der Waals surface area contributed by atoms with Crippen LogP contribution in [0.25, 0.3) is 11.0 Å². The molecule has 0 aliphatic carbocycles. The summed E-state index contributed by atoms with van der Waals surface area (Å²) in [5.41, 5.74) is 5.16. The highest BCUT2D eigenvalue weighted by Crippen LogP contribution is 2.26. The maximum atomic E-state index is 12.0. The third-order valence-corrected chi connectivity index (χ3v) is 5.81. The van der Waals surface area contributed by atoms with Gasteiger partial charge in [-0.25, -0.2) is 4.79 Å². The molecule has 0 unspecified atom stereocenters. The fourth-order valence-electron chi connectivity index (χ4n) is 3.94. The minimum Gasteiger partial charge on any atom is -0.423 e. The van der Waals surface area contributed by atoms with E-state index in [1.165, 1.54) is 16.8 Å². The van der Waals surface area contributed by atoms with Crippen molar-refractivity contribution in [1.29, 1.82) is 0 Å². The summed E-state index contributed by atoms with van der Waals surface area (Å²) < 4.78 is 5.40. The van der Waals surface area contributed by atoms with E-state index in [1.807, 2.05) is 18.2 Å². The molecule has 4 rings (SSSR count). The van der Waals surface area contributed by atoms with Crippen LogP contribution >= 0.6 is 11.6 Å². The molecular formula is C23H25ClN2O2. The molecule has 0 N–H and O–H groups in total. The highest BCUT2D eigenvalue weighted by molar-refractivity contribution is 6.30. The van der Waals surface area contributed by atoms with Gasteiger partial charge < -0.3 is 9.32 Å². The summed E-state index contributed by atoms with van der Waals surface area (Å²) in [7, 11) is 0. The van der Waals surface area contributed by atoms with Gasteiger partial charge in [-0.1, -0.05) is 30.7 Å². The minimum absolute atomic E-state index is 0.278. The monoisotopic (exact) mass is 396 g/mol. The number of rotatable bonds is 4. The summed E-state index contributed by atoms with van der Waals surface area (Å²) in [6.07, 6.45) is 0.964. The maximum Gasteiger partial charge on any atom is 0.336 e. The second-order valence-corrected chi connectivity index (χ2v) is 7.91. The van der Waals surface area contributed by atoms with Gasteiger partial charge in [-0.05, 0) is 54.3 Å². The van der Waals surface area contributed by atoms with Crippen LogP contribution in [0, 0.1) is 6.92 Å². The van der Waals surface area contributed by atoms with E-state index in [0.717, 1.165) is 55.1 Å². The van der Waals surface area contributed by atoms with E-state index in [1.54, 1.807) is 6.07 Å². The average Bonchev–Trinajstić information content (AvgIpc) is 2.70. The highest BCUT2D eigenvalue weighted by atomic mass is 35.5. The van der Waals surface area contributed by atoms with Crippen LogP contribution < -0.4 is 10.5 Å². The second-order valence-electron chi connectivity index (χ2n) is 7.47. The first-order valence-corrected chi connectivity index (χ1v) is 10.2. The van der Waals surface area contributed by atoms with Crippen molar-refractivity contribution < 1.29 is 4.42 Å². The molecule has 1 aromatic heterocycles. The zero-order chi connectivity index (χ0) is 19.7. The van der Waals surface area contributed by atoms with E-state index in [-0.39, 0.29) is 5.63 Å². The molecule has 0 amide bonds. The van der Waals surface area contributed by atoms with Crippen LogP contribution in [0.5, 0.6) is 0 Å². The molecule has 3 aromatic rings. The molecule has 2 heterocycles. The van der Waals surface area contributed by atoms with E-state index in [4.69, 9.17) is 16.0 Å². The van der Waals surface area contributed by atoms with Gasteiger partial charge in [0.25, 0.3) is 0 Å². The van der Waals surface area contributed by atoms with Crippen molar-refractivity contribution in [3.63, 3.8) is 0 Å². The van der Waals surface area contributed by atoms with Crippen LogP contribution in [-0.4, -0.2) is 31.1 Å². The Hall–Kier alpha value is -2.30. The molecule has 1 aliphatic heterocycles. The summed E-state index contributed by atoms with van der Waals surface area (Å²) in [5.74, 6) is 0. The Balaban J connectivity index is 1.52. The van der Waals surface area contributed by atoms with E-state index >= 15 is 0 Å². The second kappa shape index (κ2) is 7.98. The van der Waals surface area contributed by atoms with E-state index < -0.39 is 0 Å². The SMILES string of the molecule is CCc1ccc2oc(=O)cc(CN3CCN(c4cc(Cl)ccc4C)CC3)c2c1. The van der Waals surface area contributed by atoms with Gasteiger partial charge in [-0.3, -0.25) is 4.90 Å². The molecule has 2 aromatic carbocycles. The summed E-state index contributed by atoms with van der Waals surface area (Å²) in [4.78, 5) is 16.8. The maximum absolute atomic E-state index is 12.0. The first kappa shape index (κ1) is 19.0. The predicted octanol–water partition coefficient (Wildman–Crippen LogP) is 4.64. The molecule has 0 radical (unpaired) electrons. The average molecular weight is 397 g/mol. The van der Waals surface area contributed by atoms with E-state index in [2.05, 4.69) is 41.8 Å². The number of fused-ring (bicyclic) bond motifs is 1. The Morgan fingerprint density at radius 2 is 1.82 bits per heavy atom. The number of piperazine rings is 1. The minimum atomic E-state index is -0.278. The standard InChI is InChI=1S/C23H25ClN2O2/c1-3-17-5-7-22-20(12-17)18(13-23(27)28-22)15-25-8-10-26(11-9-25)21-14-19(24)6-4-16(21)2/h4-7,12-14H,3,8-11,15H2,1-2H3. The summed E-state index contributed by atoms with van der Waals surface area (Å²) in [6, 6.07) is 13.8. The topological polar surface area (TPSA) is 36.7 Å². The van der Waals surface area contributed by atoms with Crippen molar-refractivity contribution in [2.75, 3.05) is 31.1 Å². The molecule has 5 heteroatoms. The van der Waals surface area contributed by atoms with Crippen molar-refractivity contribution in [3.05, 3.63) is 74.6 Å². The lowest BCUT2D eigenvalue weighted by Gasteiger charge is -2.37. The van der Waals surface area contributed by atoms with Gasteiger partial charge in [0.2, 0.25) is 0 Å². The number of aryl methyl sites for hydroxylation is 2. The normalized spacial score (nSPS) is 15.3. The number of nitrogens with zero attached hydrogens (tertiary/aromatic N) is 2. The first-order chi connectivity index (χ1) is 13.5. The Kier molecular flexibility index (Phi) is 5.42. The lowest BCUT2D eigenvalue weighted by Crippen LogP contribution is -2.46. The lowest BCUT2D eigenvalue weighted by molar-refractivity contribution is 0.250.